The average Bonchev–Trinajstić information content (AvgIpc) is 3.51. The van der Waals surface area contributed by atoms with Crippen LogP contribution in [0, 0.1) is 17.7 Å². The molecule has 5 fully saturated rings. The quantitative estimate of drug-likeness (QED) is 0.517. The molecule has 0 spiro atoms. The number of hydrogen-bond donors (Lipinski definition) is 4. The summed E-state index contributed by atoms with van der Waals surface area (Å²) in [5.41, 5.74) is -0.434. The maximum Gasteiger partial charge on any atom is 0.258 e. The molecule has 1 heterocycles. The van der Waals surface area contributed by atoms with Crippen molar-refractivity contribution in [1.82, 2.24) is 21.3 Å². The predicted octanol–water partition coefficient (Wildman–Crippen LogP) is 1.31. The molecule has 5 aliphatic rings. The summed E-state index contributed by atoms with van der Waals surface area (Å²) in [6, 6.07) is 4.07. The van der Waals surface area contributed by atoms with Crippen LogP contribution >= 0.6 is 11.6 Å². The Balaban J connectivity index is 1.03. The van der Waals surface area contributed by atoms with Gasteiger partial charge >= 0.3 is 0 Å². The van der Waals surface area contributed by atoms with Crippen LogP contribution in [0.3, 0.4) is 0 Å². The fourth-order valence-corrected chi connectivity index (χ4v) is 5.21. The molecule has 1 aromatic rings. The fourth-order valence-electron chi connectivity index (χ4n) is 5.09. The van der Waals surface area contributed by atoms with Crippen molar-refractivity contribution < 1.29 is 18.7 Å². The van der Waals surface area contributed by atoms with Gasteiger partial charge in [0.2, 0.25) is 5.91 Å². The molecule has 2 bridgehead atoms. The highest BCUT2D eigenvalue weighted by Crippen LogP contribution is 2.60. The molecule has 0 unspecified atom stereocenters. The topological polar surface area (TPSA) is 91.5 Å². The van der Waals surface area contributed by atoms with Crippen LogP contribution in [0.25, 0.3) is 0 Å². The first-order valence-electron chi connectivity index (χ1n) is 10.5. The second-order valence-electron chi connectivity index (χ2n) is 9.32. The molecule has 30 heavy (non-hydrogen) atoms. The van der Waals surface area contributed by atoms with E-state index in [9.17, 15) is 14.0 Å². The van der Waals surface area contributed by atoms with E-state index in [1.807, 2.05) is 0 Å². The van der Waals surface area contributed by atoms with Crippen molar-refractivity contribution in [2.24, 2.45) is 11.8 Å². The van der Waals surface area contributed by atoms with Gasteiger partial charge in [0.05, 0.1) is 17.1 Å². The second kappa shape index (κ2) is 7.35. The van der Waals surface area contributed by atoms with Crippen LogP contribution in [0.1, 0.15) is 32.1 Å². The van der Waals surface area contributed by atoms with Gasteiger partial charge in [-0.25, -0.2) is 4.39 Å². The largest absolute Gasteiger partial charge is 0.484 e. The number of carbonyl (C=O) groups is 2. The maximum atomic E-state index is 13.4. The summed E-state index contributed by atoms with van der Waals surface area (Å²) in [5.74, 6) is 0.157. The molecule has 1 saturated heterocycles. The summed E-state index contributed by atoms with van der Waals surface area (Å²) < 4.78 is 18.8. The summed E-state index contributed by atoms with van der Waals surface area (Å²) in [6.45, 7) is 1.23. The lowest BCUT2D eigenvalue weighted by atomic mass is 9.44. The van der Waals surface area contributed by atoms with Crippen molar-refractivity contribution in [2.45, 2.75) is 49.3 Å². The highest BCUT2D eigenvalue weighted by molar-refractivity contribution is 6.30. The molecule has 7 nitrogen and oxygen atoms in total. The van der Waals surface area contributed by atoms with Gasteiger partial charge in [-0.05, 0) is 50.2 Å². The van der Waals surface area contributed by atoms with Crippen LogP contribution in [0.5, 0.6) is 5.75 Å². The Kier molecular flexibility index (Phi) is 4.91. The smallest absolute Gasteiger partial charge is 0.258 e. The minimum atomic E-state index is -0.585. The standard InChI is InChI=1S/C21H26ClFN4O3/c22-15-4-3-14(5-16(15)23)30-8-17(28)26-20-9-21(10-20,11-20)27-19(29)13-6-24-18(25-7-13)12-1-2-12/h3-5,12-13,18,24-25H,1-2,6-11H2,(H,26,28)(H,27,29). The molecule has 0 radical (unpaired) electrons. The van der Waals surface area contributed by atoms with Crippen LogP contribution in [-0.4, -0.2) is 48.8 Å². The molecule has 2 amide bonds. The first-order chi connectivity index (χ1) is 14.4. The summed E-state index contributed by atoms with van der Waals surface area (Å²) in [4.78, 5) is 24.8. The van der Waals surface area contributed by atoms with Crippen molar-refractivity contribution in [3.8, 4) is 5.75 Å². The molecule has 1 aliphatic heterocycles. The Bertz CT molecular complexity index is 850. The number of nitrogens with one attached hydrogen (secondary N) is 4. The van der Waals surface area contributed by atoms with Crippen LogP contribution in [-0.2, 0) is 9.59 Å². The van der Waals surface area contributed by atoms with E-state index in [1.165, 1.54) is 25.0 Å². The lowest BCUT2D eigenvalue weighted by Gasteiger charge is -2.70. The Morgan fingerprint density at radius 1 is 1.13 bits per heavy atom. The highest BCUT2D eigenvalue weighted by Gasteiger charge is 2.69. The number of carbonyl (C=O) groups excluding carboxylic acids is 2. The van der Waals surface area contributed by atoms with E-state index in [0.29, 0.717) is 19.3 Å². The third kappa shape index (κ3) is 3.88. The molecule has 4 aliphatic carbocycles. The van der Waals surface area contributed by atoms with E-state index in [1.54, 1.807) is 0 Å². The summed E-state index contributed by atoms with van der Waals surface area (Å²) >= 11 is 5.64. The van der Waals surface area contributed by atoms with Crippen molar-refractivity contribution in [3.05, 3.63) is 29.0 Å². The lowest BCUT2D eigenvalue weighted by Crippen LogP contribution is -2.84. The van der Waals surface area contributed by atoms with E-state index in [4.69, 9.17) is 16.3 Å². The van der Waals surface area contributed by atoms with Gasteiger partial charge in [0.1, 0.15) is 11.6 Å². The lowest BCUT2D eigenvalue weighted by molar-refractivity contribution is -0.152. The molecule has 162 valence electrons. The van der Waals surface area contributed by atoms with Crippen molar-refractivity contribution >= 4 is 23.4 Å². The first-order valence-corrected chi connectivity index (χ1v) is 10.9. The van der Waals surface area contributed by atoms with Gasteiger partial charge < -0.3 is 26.0 Å². The zero-order valence-corrected chi connectivity index (χ0v) is 17.4. The summed E-state index contributed by atoms with van der Waals surface area (Å²) in [5, 5.41) is 13.1. The Hall–Kier alpha value is -1.90. The van der Waals surface area contributed by atoms with Crippen LogP contribution < -0.4 is 26.0 Å². The van der Waals surface area contributed by atoms with Gasteiger partial charge in [-0.3, -0.25) is 9.59 Å². The fraction of sp³-hybridized carbons (Fsp3) is 0.619. The van der Waals surface area contributed by atoms with Gasteiger partial charge in [0.25, 0.3) is 5.91 Å². The first kappa shape index (κ1) is 20.0. The third-order valence-electron chi connectivity index (χ3n) is 6.72. The van der Waals surface area contributed by atoms with Crippen molar-refractivity contribution in [3.63, 3.8) is 0 Å². The minimum absolute atomic E-state index is 0.00975. The molecule has 4 N–H and O–H groups in total. The third-order valence-corrected chi connectivity index (χ3v) is 7.02. The van der Waals surface area contributed by atoms with Crippen LogP contribution in [0.4, 0.5) is 4.39 Å². The van der Waals surface area contributed by atoms with Crippen molar-refractivity contribution in [2.75, 3.05) is 19.7 Å². The maximum absolute atomic E-state index is 13.4. The minimum Gasteiger partial charge on any atom is -0.484 e. The Labute approximate surface area is 179 Å². The number of amides is 2. The molecule has 6 rings (SSSR count). The number of halogens is 2. The normalized spacial score (nSPS) is 34.3. The van der Waals surface area contributed by atoms with E-state index < -0.39 is 5.82 Å². The van der Waals surface area contributed by atoms with Crippen LogP contribution in [0.2, 0.25) is 5.02 Å². The second-order valence-corrected chi connectivity index (χ2v) is 9.73. The van der Waals surface area contributed by atoms with Gasteiger partial charge in [0.15, 0.2) is 6.61 Å². The number of rotatable bonds is 7. The van der Waals surface area contributed by atoms with Gasteiger partial charge in [0, 0.05) is 30.2 Å². The molecular formula is C21H26ClFN4O3. The van der Waals surface area contributed by atoms with E-state index in [2.05, 4.69) is 21.3 Å². The van der Waals surface area contributed by atoms with E-state index in [-0.39, 0.29) is 46.2 Å². The zero-order valence-electron chi connectivity index (χ0n) is 16.6. The molecule has 9 heteroatoms. The Morgan fingerprint density at radius 3 is 2.43 bits per heavy atom. The van der Waals surface area contributed by atoms with E-state index in [0.717, 1.165) is 31.2 Å². The molecule has 1 aromatic carbocycles. The zero-order chi connectivity index (χ0) is 20.9. The number of ether oxygens (including phenoxy) is 1. The highest BCUT2D eigenvalue weighted by atomic mass is 35.5. The molecule has 4 saturated carbocycles. The molecular weight excluding hydrogens is 411 g/mol. The molecule has 0 atom stereocenters. The predicted molar refractivity (Wildman–Crippen MR) is 109 cm³/mol. The number of hydrogen-bond acceptors (Lipinski definition) is 5. The average molecular weight is 437 g/mol. The van der Waals surface area contributed by atoms with Crippen LogP contribution in [0.15, 0.2) is 18.2 Å². The summed E-state index contributed by atoms with van der Waals surface area (Å²) in [6.07, 6.45) is 5.11. The van der Waals surface area contributed by atoms with E-state index >= 15 is 0 Å². The SMILES string of the molecule is O=C(COc1ccc(Cl)c(F)c1)NC12CC(NC(=O)C3CNC(C4CC4)NC3)(C1)C2. The summed E-state index contributed by atoms with van der Waals surface area (Å²) in [7, 11) is 0. The monoisotopic (exact) mass is 436 g/mol. The van der Waals surface area contributed by atoms with Gasteiger partial charge in [-0.1, -0.05) is 11.6 Å². The number of benzene rings is 1. The van der Waals surface area contributed by atoms with Gasteiger partial charge in [-0.15, -0.1) is 0 Å². The molecule has 0 aromatic heterocycles. The Morgan fingerprint density at radius 2 is 1.80 bits per heavy atom. The van der Waals surface area contributed by atoms with Gasteiger partial charge in [-0.2, -0.15) is 0 Å². The van der Waals surface area contributed by atoms with Crippen molar-refractivity contribution in [1.29, 1.82) is 0 Å².